The number of carboxylic acids is 1. The maximum atomic E-state index is 12.9. The maximum absolute atomic E-state index is 12.9. The van der Waals surface area contributed by atoms with Crippen LogP contribution in [0.5, 0.6) is 0 Å². The van der Waals surface area contributed by atoms with E-state index in [9.17, 15) is 9.90 Å². The third-order valence-electron chi connectivity index (χ3n) is 5.76. The first-order valence-electron chi connectivity index (χ1n) is 9.62. The standard InChI is InChI=1S/C23H31NO2.ClH/c1-5-21(18(4)24(6-2)7-3)23(22(25)26,19-14-10-8-11-15-19)20-16-12-9-13-17-20;/h8-18,21H,5-7H2,1-4H3,(H,25,26);1H. The molecule has 0 fully saturated rings. The zero-order valence-corrected chi connectivity index (χ0v) is 17.6. The van der Waals surface area contributed by atoms with Gasteiger partial charge in [0.15, 0.2) is 0 Å². The third kappa shape index (κ3) is 4.36. The molecule has 2 atom stereocenters. The molecule has 2 aromatic rings. The Kier molecular flexibility index (Phi) is 9.01. The van der Waals surface area contributed by atoms with Crippen molar-refractivity contribution in [3.05, 3.63) is 71.8 Å². The number of carbonyl (C=O) groups is 1. The lowest BCUT2D eigenvalue weighted by Crippen LogP contribution is -2.52. The van der Waals surface area contributed by atoms with Gasteiger partial charge in [0.05, 0.1) is 0 Å². The predicted molar refractivity (Wildman–Crippen MR) is 115 cm³/mol. The summed E-state index contributed by atoms with van der Waals surface area (Å²) in [4.78, 5) is 15.3. The molecule has 0 aromatic heterocycles. The first-order valence-corrected chi connectivity index (χ1v) is 9.62. The lowest BCUT2D eigenvalue weighted by Gasteiger charge is -2.44. The van der Waals surface area contributed by atoms with E-state index in [-0.39, 0.29) is 24.4 Å². The van der Waals surface area contributed by atoms with E-state index in [2.05, 4.69) is 32.6 Å². The van der Waals surface area contributed by atoms with Crippen LogP contribution in [0, 0.1) is 5.92 Å². The summed E-state index contributed by atoms with van der Waals surface area (Å²) >= 11 is 0. The normalized spacial score (nSPS) is 13.7. The molecule has 0 heterocycles. The number of aliphatic carboxylic acids is 1. The van der Waals surface area contributed by atoms with Crippen LogP contribution in [-0.4, -0.2) is 35.1 Å². The molecule has 0 aliphatic rings. The molecule has 0 saturated carbocycles. The molecule has 148 valence electrons. The van der Waals surface area contributed by atoms with Gasteiger partial charge in [-0.05, 0) is 37.1 Å². The number of rotatable bonds is 9. The van der Waals surface area contributed by atoms with Crippen LogP contribution in [0.2, 0.25) is 0 Å². The Morgan fingerprint density at radius 1 is 0.926 bits per heavy atom. The summed E-state index contributed by atoms with van der Waals surface area (Å²) in [5.74, 6) is -0.828. The summed E-state index contributed by atoms with van der Waals surface area (Å²) in [6.45, 7) is 10.4. The first kappa shape index (κ1) is 23.2. The summed E-state index contributed by atoms with van der Waals surface area (Å²) in [6.07, 6.45) is 0.785. The van der Waals surface area contributed by atoms with Crippen molar-refractivity contribution < 1.29 is 9.90 Å². The minimum atomic E-state index is -1.07. The highest BCUT2D eigenvalue weighted by molar-refractivity contribution is 5.87. The highest BCUT2D eigenvalue weighted by Gasteiger charge is 2.50. The number of halogens is 1. The molecule has 4 heteroatoms. The summed E-state index contributed by atoms with van der Waals surface area (Å²) < 4.78 is 0. The fraction of sp³-hybridized carbons (Fsp3) is 0.435. The van der Waals surface area contributed by atoms with Crippen molar-refractivity contribution in [3.63, 3.8) is 0 Å². The number of benzene rings is 2. The van der Waals surface area contributed by atoms with E-state index in [4.69, 9.17) is 0 Å². The first-order chi connectivity index (χ1) is 12.5. The van der Waals surface area contributed by atoms with Crippen molar-refractivity contribution in [1.29, 1.82) is 0 Å². The lowest BCUT2D eigenvalue weighted by molar-refractivity contribution is -0.145. The zero-order chi connectivity index (χ0) is 19.2. The monoisotopic (exact) mass is 389 g/mol. The van der Waals surface area contributed by atoms with Gasteiger partial charge in [-0.3, -0.25) is 4.79 Å². The average molecular weight is 390 g/mol. The highest BCUT2D eigenvalue weighted by Crippen LogP contribution is 2.44. The summed E-state index contributed by atoms with van der Waals surface area (Å²) in [7, 11) is 0. The molecule has 0 aliphatic carbocycles. The van der Waals surface area contributed by atoms with E-state index in [0.29, 0.717) is 0 Å². The fourth-order valence-corrected chi connectivity index (χ4v) is 4.47. The summed E-state index contributed by atoms with van der Waals surface area (Å²) in [6, 6.07) is 19.6. The molecule has 2 aromatic carbocycles. The van der Waals surface area contributed by atoms with Crippen LogP contribution >= 0.6 is 12.4 Å². The number of hydrogen-bond donors (Lipinski definition) is 1. The molecular weight excluding hydrogens is 358 g/mol. The van der Waals surface area contributed by atoms with Crippen LogP contribution in [0.4, 0.5) is 0 Å². The zero-order valence-electron chi connectivity index (χ0n) is 16.8. The van der Waals surface area contributed by atoms with Gasteiger partial charge in [-0.1, -0.05) is 87.9 Å². The van der Waals surface area contributed by atoms with E-state index in [1.807, 2.05) is 60.7 Å². The van der Waals surface area contributed by atoms with E-state index in [1.165, 1.54) is 0 Å². The Hall–Kier alpha value is -1.84. The van der Waals surface area contributed by atoms with E-state index in [1.54, 1.807) is 0 Å². The Morgan fingerprint density at radius 2 is 1.33 bits per heavy atom. The Morgan fingerprint density at radius 3 is 1.63 bits per heavy atom. The third-order valence-corrected chi connectivity index (χ3v) is 5.76. The summed E-state index contributed by atoms with van der Waals surface area (Å²) in [5.41, 5.74) is 0.633. The van der Waals surface area contributed by atoms with Crippen LogP contribution in [-0.2, 0) is 10.2 Å². The van der Waals surface area contributed by atoms with Gasteiger partial charge in [0.25, 0.3) is 0 Å². The van der Waals surface area contributed by atoms with Gasteiger partial charge in [-0.25, -0.2) is 0 Å². The van der Waals surface area contributed by atoms with Crippen molar-refractivity contribution in [2.24, 2.45) is 5.92 Å². The lowest BCUT2D eigenvalue weighted by atomic mass is 9.62. The van der Waals surface area contributed by atoms with Crippen LogP contribution in [0.25, 0.3) is 0 Å². The molecule has 3 nitrogen and oxygen atoms in total. The summed E-state index contributed by atoms with van der Waals surface area (Å²) in [5, 5.41) is 10.6. The minimum absolute atomic E-state index is 0. The second-order valence-corrected chi connectivity index (χ2v) is 6.82. The largest absolute Gasteiger partial charge is 0.480 e. The SMILES string of the molecule is CCC(C(C)N(CC)CC)C(C(=O)O)(c1ccccc1)c1ccccc1.Cl. The van der Waals surface area contributed by atoms with Crippen LogP contribution < -0.4 is 0 Å². The van der Waals surface area contributed by atoms with E-state index < -0.39 is 11.4 Å². The molecule has 0 radical (unpaired) electrons. The van der Waals surface area contributed by atoms with Crippen LogP contribution in [0.15, 0.2) is 60.7 Å². The highest BCUT2D eigenvalue weighted by atomic mass is 35.5. The average Bonchev–Trinajstić information content (AvgIpc) is 2.68. The topological polar surface area (TPSA) is 40.5 Å². The molecule has 0 spiro atoms. The number of nitrogens with zero attached hydrogens (tertiary/aromatic N) is 1. The Bertz CT molecular complexity index is 647. The maximum Gasteiger partial charge on any atom is 0.318 e. The molecule has 27 heavy (non-hydrogen) atoms. The van der Waals surface area contributed by atoms with Gasteiger partial charge in [-0.15, -0.1) is 12.4 Å². The molecule has 2 rings (SSSR count). The second-order valence-electron chi connectivity index (χ2n) is 6.82. The minimum Gasteiger partial charge on any atom is -0.480 e. The fourth-order valence-electron chi connectivity index (χ4n) is 4.47. The van der Waals surface area contributed by atoms with Crippen LogP contribution in [0.1, 0.15) is 45.2 Å². The predicted octanol–water partition coefficient (Wildman–Crippen LogP) is 5.24. The van der Waals surface area contributed by atoms with Gasteiger partial charge in [-0.2, -0.15) is 0 Å². The van der Waals surface area contributed by atoms with Gasteiger partial charge in [0.2, 0.25) is 0 Å². The molecule has 0 aliphatic heterocycles. The second kappa shape index (κ2) is 10.5. The smallest absolute Gasteiger partial charge is 0.318 e. The van der Waals surface area contributed by atoms with Crippen LogP contribution in [0.3, 0.4) is 0 Å². The van der Waals surface area contributed by atoms with Gasteiger partial charge >= 0.3 is 5.97 Å². The van der Waals surface area contributed by atoms with E-state index in [0.717, 1.165) is 30.6 Å². The molecule has 0 bridgehead atoms. The van der Waals surface area contributed by atoms with Crippen molar-refractivity contribution in [3.8, 4) is 0 Å². The molecule has 0 saturated heterocycles. The van der Waals surface area contributed by atoms with Crippen molar-refractivity contribution in [2.45, 2.75) is 45.6 Å². The van der Waals surface area contributed by atoms with Crippen molar-refractivity contribution >= 4 is 18.4 Å². The van der Waals surface area contributed by atoms with Gasteiger partial charge < -0.3 is 10.0 Å². The molecular formula is C23H32ClNO2. The van der Waals surface area contributed by atoms with E-state index >= 15 is 0 Å². The van der Waals surface area contributed by atoms with Crippen molar-refractivity contribution in [1.82, 2.24) is 4.90 Å². The number of carboxylic acid groups (broad SMARTS) is 1. The van der Waals surface area contributed by atoms with Gasteiger partial charge in [0, 0.05) is 6.04 Å². The number of hydrogen-bond acceptors (Lipinski definition) is 2. The Labute approximate surface area is 169 Å². The molecule has 1 N–H and O–H groups in total. The molecule has 2 unspecified atom stereocenters. The quantitative estimate of drug-likeness (QED) is 0.637. The van der Waals surface area contributed by atoms with Crippen molar-refractivity contribution in [2.75, 3.05) is 13.1 Å². The Balaban J connectivity index is 0.00000364. The van der Waals surface area contributed by atoms with Gasteiger partial charge in [0.1, 0.15) is 5.41 Å². The molecule has 0 amide bonds.